The molecule has 0 spiro atoms. The van der Waals surface area contributed by atoms with Gasteiger partial charge in [0.1, 0.15) is 12.4 Å². The molecular weight excluding hydrogens is 618 g/mol. The van der Waals surface area contributed by atoms with Crippen molar-refractivity contribution in [2.24, 2.45) is 0 Å². The van der Waals surface area contributed by atoms with Gasteiger partial charge >= 0.3 is 6.18 Å². The van der Waals surface area contributed by atoms with E-state index in [1.807, 2.05) is 0 Å². The molecule has 0 fully saturated rings. The lowest BCUT2D eigenvalue weighted by atomic mass is 10.0. The fourth-order valence-electron chi connectivity index (χ4n) is 3.49. The van der Waals surface area contributed by atoms with E-state index >= 15 is 0 Å². The third-order valence-electron chi connectivity index (χ3n) is 5.55. The highest BCUT2D eigenvalue weighted by Gasteiger charge is 2.37. The summed E-state index contributed by atoms with van der Waals surface area (Å²) in [6, 6.07) is 8.75. The minimum atomic E-state index is -4.96. The van der Waals surface area contributed by atoms with Gasteiger partial charge in [-0.25, -0.2) is 26.1 Å². The Labute approximate surface area is 239 Å². The Hall–Kier alpha value is -2.91. The maximum Gasteiger partial charge on any atom is 0.417 e. The molecule has 3 aromatic rings. The van der Waals surface area contributed by atoms with Crippen LogP contribution in [0, 0.1) is 0 Å². The summed E-state index contributed by atoms with van der Waals surface area (Å²) in [7, 11) is -7.42. The molecule has 1 heterocycles. The molecule has 0 radical (unpaired) electrons. The van der Waals surface area contributed by atoms with Crippen molar-refractivity contribution in [3.63, 3.8) is 0 Å². The SMILES string of the molecule is CCOCN(c1cc(Cl)cnc1C(=O)c1ccccc1N(C)S(C)(=O)=O)S(=O)(=O)c1ccc(Cl)c(C(F)(F)F)c1. The summed E-state index contributed by atoms with van der Waals surface area (Å²) in [5, 5.41) is -0.813. The number of benzene rings is 2. The number of alkyl halides is 3. The second kappa shape index (κ2) is 11.9. The molecule has 0 bridgehead atoms. The Bertz CT molecular complexity index is 1650. The van der Waals surface area contributed by atoms with E-state index in [0.717, 1.165) is 35.0 Å². The van der Waals surface area contributed by atoms with Crippen molar-refractivity contribution in [1.82, 2.24) is 4.98 Å². The molecule has 0 aliphatic heterocycles. The number of carbonyl (C=O) groups excluding carboxylic acids is 1. The molecule has 0 atom stereocenters. The monoisotopic (exact) mass is 639 g/mol. The lowest BCUT2D eigenvalue weighted by molar-refractivity contribution is -0.137. The molecule has 16 heteroatoms. The van der Waals surface area contributed by atoms with Crippen molar-refractivity contribution < 1.29 is 39.5 Å². The number of anilines is 2. The molecule has 0 aliphatic carbocycles. The maximum atomic E-state index is 13.7. The number of hydrogen-bond donors (Lipinski definition) is 0. The Balaban J connectivity index is 2.26. The van der Waals surface area contributed by atoms with Crippen LogP contribution in [-0.2, 0) is 31.0 Å². The van der Waals surface area contributed by atoms with Gasteiger partial charge in [-0.3, -0.25) is 9.10 Å². The quantitative estimate of drug-likeness (QED) is 0.221. The van der Waals surface area contributed by atoms with Gasteiger partial charge in [-0.2, -0.15) is 13.2 Å². The van der Waals surface area contributed by atoms with Gasteiger partial charge in [0.05, 0.1) is 38.1 Å². The second-order valence-electron chi connectivity index (χ2n) is 8.21. The van der Waals surface area contributed by atoms with Crippen molar-refractivity contribution in [3.05, 3.63) is 81.6 Å². The third-order valence-corrected chi connectivity index (χ3v) is 9.01. The number of aromatic nitrogens is 1. The number of rotatable bonds is 10. The van der Waals surface area contributed by atoms with E-state index < -0.39 is 65.6 Å². The molecule has 1 aromatic heterocycles. The normalized spacial score (nSPS) is 12.3. The van der Waals surface area contributed by atoms with E-state index in [-0.39, 0.29) is 22.9 Å². The largest absolute Gasteiger partial charge is 0.417 e. The van der Waals surface area contributed by atoms with Gasteiger partial charge < -0.3 is 4.74 Å². The Morgan fingerprint density at radius 2 is 1.68 bits per heavy atom. The van der Waals surface area contributed by atoms with E-state index in [2.05, 4.69) is 4.98 Å². The third kappa shape index (κ3) is 6.69. The van der Waals surface area contributed by atoms with Crippen molar-refractivity contribution in [1.29, 1.82) is 0 Å². The number of carbonyl (C=O) groups is 1. The van der Waals surface area contributed by atoms with Crippen LogP contribution in [0.5, 0.6) is 0 Å². The van der Waals surface area contributed by atoms with Crippen LogP contribution in [0.25, 0.3) is 0 Å². The van der Waals surface area contributed by atoms with Crippen LogP contribution in [0.15, 0.2) is 59.6 Å². The van der Waals surface area contributed by atoms with Crippen LogP contribution in [0.2, 0.25) is 10.0 Å². The molecule has 0 amide bonds. The number of pyridine rings is 1. The molecule has 0 N–H and O–H groups in total. The molecule has 216 valence electrons. The van der Waals surface area contributed by atoms with Crippen LogP contribution in [-0.4, -0.2) is 54.2 Å². The smallest absolute Gasteiger partial charge is 0.360 e. The van der Waals surface area contributed by atoms with Crippen molar-refractivity contribution in [2.75, 3.05) is 35.3 Å². The first-order valence-corrected chi connectivity index (χ1v) is 15.2. The second-order valence-corrected chi connectivity index (χ2v) is 12.9. The zero-order chi connectivity index (χ0) is 30.0. The molecule has 0 unspecified atom stereocenters. The molecule has 0 saturated heterocycles. The standard InChI is InChI=1S/C24H22Cl2F3N3O6S2/c1-4-38-14-32(40(36,37)16-9-10-19(26)18(12-16)24(27,28)29)21-11-15(25)13-30-22(21)23(33)17-7-5-6-8-20(17)31(2)39(3,34)35/h5-13H,4,14H2,1-3H3. The molecule has 3 rings (SSSR count). The summed E-state index contributed by atoms with van der Waals surface area (Å²) in [4.78, 5) is 17.0. The van der Waals surface area contributed by atoms with Gasteiger partial charge in [-0.15, -0.1) is 0 Å². The van der Waals surface area contributed by atoms with E-state index in [1.54, 1.807) is 6.92 Å². The highest BCUT2D eigenvalue weighted by Crippen LogP contribution is 2.38. The van der Waals surface area contributed by atoms with Crippen LogP contribution >= 0.6 is 23.2 Å². The Morgan fingerprint density at radius 1 is 1.02 bits per heavy atom. The number of ether oxygens (including phenoxy) is 1. The van der Waals surface area contributed by atoms with Crippen molar-refractivity contribution in [3.8, 4) is 0 Å². The predicted octanol–water partition coefficient (Wildman–Crippen LogP) is 5.22. The van der Waals surface area contributed by atoms with Crippen LogP contribution in [0.4, 0.5) is 24.5 Å². The Kier molecular flexibility index (Phi) is 9.41. The fraction of sp³-hybridized carbons (Fsp3) is 0.250. The topological polar surface area (TPSA) is 114 Å². The number of para-hydroxylation sites is 1. The van der Waals surface area contributed by atoms with Gasteiger partial charge in [-0.1, -0.05) is 35.3 Å². The van der Waals surface area contributed by atoms with E-state index in [9.17, 15) is 34.8 Å². The Morgan fingerprint density at radius 3 is 2.27 bits per heavy atom. The zero-order valence-electron chi connectivity index (χ0n) is 21.1. The first-order valence-electron chi connectivity index (χ1n) is 11.2. The highest BCUT2D eigenvalue weighted by molar-refractivity contribution is 7.93. The van der Waals surface area contributed by atoms with Gasteiger partial charge in [0.25, 0.3) is 10.0 Å². The molecule has 0 aliphatic rings. The number of halogens is 5. The van der Waals surface area contributed by atoms with Crippen molar-refractivity contribution in [2.45, 2.75) is 18.0 Å². The summed E-state index contributed by atoms with van der Waals surface area (Å²) in [5.74, 6) is -0.887. The van der Waals surface area contributed by atoms with E-state index in [4.69, 9.17) is 27.9 Å². The molecule has 0 saturated carbocycles. The lowest BCUT2D eigenvalue weighted by Gasteiger charge is -2.26. The highest BCUT2D eigenvalue weighted by atomic mass is 35.5. The average Bonchev–Trinajstić information content (AvgIpc) is 2.87. The fourth-order valence-corrected chi connectivity index (χ4v) is 5.76. The molecular formula is C24H22Cl2F3N3O6S2. The average molecular weight is 640 g/mol. The summed E-state index contributed by atoms with van der Waals surface area (Å²) in [5.41, 5.74) is -2.45. The number of sulfonamides is 2. The lowest BCUT2D eigenvalue weighted by Crippen LogP contribution is -2.35. The molecule has 2 aromatic carbocycles. The summed E-state index contributed by atoms with van der Waals surface area (Å²) in [6.07, 6.45) is -2.96. The van der Waals surface area contributed by atoms with Gasteiger partial charge in [-0.05, 0) is 43.3 Å². The minimum absolute atomic E-state index is 0.000297. The summed E-state index contributed by atoms with van der Waals surface area (Å²) < 4.78 is 99.0. The summed E-state index contributed by atoms with van der Waals surface area (Å²) >= 11 is 11.8. The van der Waals surface area contributed by atoms with Crippen LogP contribution < -0.4 is 8.61 Å². The van der Waals surface area contributed by atoms with Crippen LogP contribution in [0.3, 0.4) is 0 Å². The van der Waals surface area contributed by atoms with Crippen molar-refractivity contribution >= 4 is 60.4 Å². The first-order chi connectivity index (χ1) is 18.5. The minimum Gasteiger partial charge on any atom is -0.360 e. The molecule has 9 nitrogen and oxygen atoms in total. The van der Waals surface area contributed by atoms with Gasteiger partial charge in [0.15, 0.2) is 0 Å². The number of hydrogen-bond acceptors (Lipinski definition) is 7. The summed E-state index contributed by atoms with van der Waals surface area (Å²) in [6.45, 7) is 0.824. The van der Waals surface area contributed by atoms with Crippen LogP contribution in [0.1, 0.15) is 28.5 Å². The van der Waals surface area contributed by atoms with E-state index in [1.165, 1.54) is 31.3 Å². The van der Waals surface area contributed by atoms with Gasteiger partial charge in [0, 0.05) is 25.4 Å². The molecule has 40 heavy (non-hydrogen) atoms. The number of nitrogens with zero attached hydrogens (tertiary/aromatic N) is 3. The van der Waals surface area contributed by atoms with E-state index in [0.29, 0.717) is 10.4 Å². The number of ketones is 1. The first kappa shape index (κ1) is 31.6. The predicted molar refractivity (Wildman–Crippen MR) is 145 cm³/mol. The zero-order valence-corrected chi connectivity index (χ0v) is 24.3. The van der Waals surface area contributed by atoms with Gasteiger partial charge in [0.2, 0.25) is 15.8 Å². The maximum absolute atomic E-state index is 13.7.